The van der Waals surface area contributed by atoms with E-state index < -0.39 is 0 Å². The number of esters is 1. The maximum absolute atomic E-state index is 13.2. The second-order valence-corrected chi connectivity index (χ2v) is 11.9. The number of allylic oxidation sites excluding steroid dienone is 1. The van der Waals surface area contributed by atoms with E-state index in [1.807, 2.05) is 6.92 Å². The first kappa shape index (κ1) is 20.8. The van der Waals surface area contributed by atoms with E-state index in [1.165, 1.54) is 51.9 Å². The molecule has 30 heavy (non-hydrogen) atoms. The van der Waals surface area contributed by atoms with E-state index in [2.05, 4.69) is 19.9 Å². The minimum atomic E-state index is -0.144. The molecule has 0 unspecified atom stereocenters. The molecule has 0 bridgehead atoms. The van der Waals surface area contributed by atoms with E-state index >= 15 is 0 Å². The lowest BCUT2D eigenvalue weighted by Gasteiger charge is -2.60. The van der Waals surface area contributed by atoms with Gasteiger partial charge in [0.2, 0.25) is 0 Å². The van der Waals surface area contributed by atoms with E-state index in [-0.39, 0.29) is 28.3 Å². The van der Waals surface area contributed by atoms with Crippen molar-refractivity contribution < 1.29 is 14.3 Å². The van der Waals surface area contributed by atoms with Gasteiger partial charge in [-0.2, -0.15) is 0 Å². The van der Waals surface area contributed by atoms with Crippen LogP contribution >= 0.6 is 0 Å². The van der Waals surface area contributed by atoms with Crippen molar-refractivity contribution in [2.75, 3.05) is 0 Å². The van der Waals surface area contributed by atoms with Crippen molar-refractivity contribution in [1.29, 1.82) is 0 Å². The van der Waals surface area contributed by atoms with Gasteiger partial charge in [-0.1, -0.05) is 38.3 Å². The molecule has 0 aromatic rings. The Balaban J connectivity index is 1.46. The molecule has 5 rings (SSSR count). The molecule has 0 saturated heterocycles. The molecule has 3 heteroatoms. The molecule has 5 aliphatic carbocycles. The Hall–Kier alpha value is -1.12. The highest BCUT2D eigenvalue weighted by atomic mass is 16.5. The van der Waals surface area contributed by atoms with Crippen molar-refractivity contribution >= 4 is 11.8 Å². The third-order valence-corrected chi connectivity index (χ3v) is 11.0. The van der Waals surface area contributed by atoms with Crippen LogP contribution in [0, 0.1) is 39.9 Å². The Morgan fingerprint density at radius 2 is 1.80 bits per heavy atom. The van der Waals surface area contributed by atoms with Crippen molar-refractivity contribution in [3.8, 4) is 0 Å². The van der Waals surface area contributed by atoms with Gasteiger partial charge in [0.15, 0.2) is 0 Å². The molecule has 0 aliphatic heterocycles. The summed E-state index contributed by atoms with van der Waals surface area (Å²) in [6, 6.07) is 0. The summed E-state index contributed by atoms with van der Waals surface area (Å²) in [5, 5.41) is 0. The van der Waals surface area contributed by atoms with Crippen LogP contribution in [-0.4, -0.2) is 17.9 Å². The molecule has 0 aromatic heterocycles. The van der Waals surface area contributed by atoms with Gasteiger partial charge in [0, 0.05) is 18.8 Å². The lowest BCUT2D eigenvalue weighted by atomic mass is 9.44. The summed E-state index contributed by atoms with van der Waals surface area (Å²) in [6.07, 6.45) is 15.6. The maximum atomic E-state index is 13.2. The van der Waals surface area contributed by atoms with Crippen LogP contribution < -0.4 is 0 Å². The summed E-state index contributed by atoms with van der Waals surface area (Å²) in [4.78, 5) is 24.7. The lowest BCUT2D eigenvalue weighted by molar-refractivity contribution is -0.151. The number of hydrogen-bond donors (Lipinski definition) is 0. The third kappa shape index (κ3) is 2.62. The number of carbonyl (C=O) groups is 2. The molecule has 0 spiro atoms. The number of ketones is 1. The zero-order valence-electron chi connectivity index (χ0n) is 19.5. The molecule has 0 N–H and O–H groups in total. The highest BCUT2D eigenvalue weighted by molar-refractivity contribution is 5.84. The second-order valence-electron chi connectivity index (χ2n) is 11.9. The van der Waals surface area contributed by atoms with Crippen molar-refractivity contribution in [3.63, 3.8) is 0 Å². The normalized spacial score (nSPS) is 49.7. The molecule has 8 atom stereocenters. The standard InChI is InChI=1S/C27H40O3/c1-17(28)27-12-6-5-7-20(27)16-24-22-9-8-19-15-21(30-18(2)29)10-13-25(19,3)23(22)11-14-26(24,27)4/h8,20-24H,5-7,9-16H2,1-4H3/t20-,21+,22+,23+,24+,25-,26-,27-/m0/s1. The van der Waals surface area contributed by atoms with Crippen LogP contribution in [0.25, 0.3) is 0 Å². The van der Waals surface area contributed by atoms with Gasteiger partial charge in [-0.15, -0.1) is 0 Å². The number of fused-ring (bicyclic) bond motifs is 7. The second kappa shape index (κ2) is 6.94. The van der Waals surface area contributed by atoms with E-state index in [9.17, 15) is 9.59 Å². The molecular formula is C27H40O3. The van der Waals surface area contributed by atoms with E-state index in [0.717, 1.165) is 37.5 Å². The van der Waals surface area contributed by atoms with Crippen LogP contribution in [0.4, 0.5) is 0 Å². The summed E-state index contributed by atoms with van der Waals surface area (Å²) in [7, 11) is 0. The van der Waals surface area contributed by atoms with Gasteiger partial charge in [0.05, 0.1) is 0 Å². The van der Waals surface area contributed by atoms with Crippen LogP contribution in [0.3, 0.4) is 0 Å². The van der Waals surface area contributed by atoms with Crippen molar-refractivity contribution in [2.45, 2.75) is 104 Å². The monoisotopic (exact) mass is 412 g/mol. The first-order valence-corrected chi connectivity index (χ1v) is 12.6. The highest BCUT2D eigenvalue weighted by Gasteiger charge is 2.68. The van der Waals surface area contributed by atoms with Crippen LogP contribution in [0.1, 0.15) is 98.3 Å². The average Bonchev–Trinajstić information content (AvgIpc) is 2.98. The van der Waals surface area contributed by atoms with Gasteiger partial charge in [-0.3, -0.25) is 9.59 Å². The Morgan fingerprint density at radius 1 is 1.00 bits per heavy atom. The lowest BCUT2D eigenvalue weighted by Crippen LogP contribution is -2.55. The fourth-order valence-corrected chi connectivity index (χ4v) is 9.76. The topological polar surface area (TPSA) is 43.4 Å². The van der Waals surface area contributed by atoms with Crippen LogP contribution in [0.15, 0.2) is 11.6 Å². The molecule has 3 nitrogen and oxygen atoms in total. The zero-order chi connectivity index (χ0) is 21.3. The minimum Gasteiger partial charge on any atom is -0.462 e. The Morgan fingerprint density at radius 3 is 2.53 bits per heavy atom. The Kier molecular flexibility index (Phi) is 4.80. The van der Waals surface area contributed by atoms with Crippen LogP contribution in [-0.2, 0) is 14.3 Å². The molecule has 0 radical (unpaired) electrons. The maximum Gasteiger partial charge on any atom is 0.302 e. The van der Waals surface area contributed by atoms with Gasteiger partial charge >= 0.3 is 5.97 Å². The van der Waals surface area contributed by atoms with E-state index in [1.54, 1.807) is 5.57 Å². The predicted molar refractivity (Wildman–Crippen MR) is 118 cm³/mol. The summed E-state index contributed by atoms with van der Waals surface area (Å²) >= 11 is 0. The van der Waals surface area contributed by atoms with Crippen molar-refractivity contribution in [1.82, 2.24) is 0 Å². The molecule has 166 valence electrons. The zero-order valence-corrected chi connectivity index (χ0v) is 19.5. The van der Waals surface area contributed by atoms with Gasteiger partial charge in [0.1, 0.15) is 11.9 Å². The largest absolute Gasteiger partial charge is 0.462 e. The van der Waals surface area contributed by atoms with Gasteiger partial charge in [-0.05, 0) is 92.8 Å². The first-order valence-electron chi connectivity index (χ1n) is 12.6. The Labute approximate surface area is 182 Å². The van der Waals surface area contributed by atoms with Gasteiger partial charge in [-0.25, -0.2) is 0 Å². The summed E-state index contributed by atoms with van der Waals surface area (Å²) in [5.74, 6) is 3.13. The fourth-order valence-electron chi connectivity index (χ4n) is 9.76. The summed E-state index contributed by atoms with van der Waals surface area (Å²) in [5.41, 5.74) is 1.97. The van der Waals surface area contributed by atoms with Crippen LogP contribution in [0.5, 0.6) is 0 Å². The van der Waals surface area contributed by atoms with Crippen LogP contribution in [0.2, 0.25) is 0 Å². The minimum absolute atomic E-state index is 0.0429. The summed E-state index contributed by atoms with van der Waals surface area (Å²) < 4.78 is 5.59. The van der Waals surface area contributed by atoms with Crippen molar-refractivity contribution in [3.05, 3.63) is 11.6 Å². The highest BCUT2D eigenvalue weighted by Crippen LogP contribution is 2.73. The number of rotatable bonds is 2. The molecule has 5 aliphatic rings. The number of hydrogen-bond acceptors (Lipinski definition) is 3. The first-order chi connectivity index (χ1) is 14.2. The molecular weight excluding hydrogens is 372 g/mol. The average molecular weight is 413 g/mol. The number of ether oxygens (including phenoxy) is 1. The fraction of sp³-hybridized carbons (Fsp3) is 0.852. The van der Waals surface area contributed by atoms with E-state index in [4.69, 9.17) is 4.74 Å². The number of Topliss-reactive ketones (excluding diaryl/α,β-unsaturated/α-hetero) is 1. The molecule has 4 saturated carbocycles. The SMILES string of the molecule is CC(=O)O[C@@H]1CC[C@@]2(C)C(=CC[C@@H]3[C@H]2CC[C@@]2(C)[C@@H]3C[C@@H]3CCCC[C@]32C(C)=O)C1. The number of carbonyl (C=O) groups excluding carboxylic acids is 2. The molecule has 0 heterocycles. The summed E-state index contributed by atoms with van der Waals surface area (Å²) in [6.45, 7) is 8.46. The molecule has 0 amide bonds. The van der Waals surface area contributed by atoms with Gasteiger partial charge < -0.3 is 4.74 Å². The molecule has 0 aromatic carbocycles. The Bertz CT molecular complexity index is 783. The predicted octanol–water partition coefficient (Wildman–Crippen LogP) is 6.26. The quantitative estimate of drug-likeness (QED) is 0.397. The van der Waals surface area contributed by atoms with Gasteiger partial charge in [0.25, 0.3) is 0 Å². The molecule has 4 fully saturated rings. The smallest absolute Gasteiger partial charge is 0.302 e. The third-order valence-electron chi connectivity index (χ3n) is 11.0. The van der Waals surface area contributed by atoms with Crippen molar-refractivity contribution in [2.24, 2.45) is 39.9 Å². The van der Waals surface area contributed by atoms with E-state index in [0.29, 0.717) is 17.6 Å².